The molecule has 1 aliphatic heterocycles. The fraction of sp³-hybridized carbons (Fsp3) is 0.226. The van der Waals surface area contributed by atoms with Gasteiger partial charge in [0.05, 0.1) is 29.1 Å². The van der Waals surface area contributed by atoms with Crippen molar-refractivity contribution in [3.63, 3.8) is 0 Å². The zero-order valence-corrected chi connectivity index (χ0v) is 23.7. The summed E-state index contributed by atoms with van der Waals surface area (Å²) in [5, 5.41) is 6.22. The Hall–Kier alpha value is -4.42. The van der Waals surface area contributed by atoms with Gasteiger partial charge in [-0.25, -0.2) is 18.1 Å². The van der Waals surface area contributed by atoms with Crippen molar-refractivity contribution in [1.29, 1.82) is 0 Å². The number of anilines is 1. The molecule has 0 saturated heterocycles. The fourth-order valence-electron chi connectivity index (χ4n) is 4.80. The number of fused-ring (bicyclic) bond motifs is 1. The number of benzene rings is 3. The minimum atomic E-state index is -4.71. The Morgan fingerprint density at radius 1 is 0.977 bits per heavy atom. The molecule has 0 radical (unpaired) electrons. The Morgan fingerprint density at radius 2 is 1.77 bits per heavy atom. The number of alkyl halides is 3. The van der Waals surface area contributed by atoms with E-state index in [1.165, 1.54) is 0 Å². The molecular formula is C31H29F3N4O4S. The molecule has 1 aliphatic rings. The van der Waals surface area contributed by atoms with E-state index in [0.717, 1.165) is 35.1 Å². The molecule has 2 heterocycles. The normalized spacial score (nSPS) is 15.6. The molecule has 224 valence electrons. The SMILES string of the molecule is O=C(C[C@@H](NS(=O)(=O)c1cccc(C(F)(F)F)c1)c1ccccc1)N[C@@H]1CCOc2cc(CNc3ccccn3)ccc21. The molecule has 4 aromatic rings. The summed E-state index contributed by atoms with van der Waals surface area (Å²) in [7, 11) is -4.41. The minimum absolute atomic E-state index is 0.277. The Labute approximate surface area is 247 Å². The van der Waals surface area contributed by atoms with Crippen molar-refractivity contribution in [2.75, 3.05) is 11.9 Å². The number of nitrogens with zero attached hydrogens (tertiary/aromatic N) is 1. The highest BCUT2D eigenvalue weighted by Crippen LogP contribution is 2.34. The molecule has 3 N–H and O–H groups in total. The van der Waals surface area contributed by atoms with Gasteiger partial charge in [-0.3, -0.25) is 4.79 Å². The van der Waals surface area contributed by atoms with Crippen LogP contribution < -0.4 is 20.1 Å². The number of aromatic nitrogens is 1. The Kier molecular flexibility index (Phi) is 8.97. The smallest absolute Gasteiger partial charge is 0.416 e. The molecule has 0 bridgehead atoms. The first-order chi connectivity index (χ1) is 20.6. The number of carbonyl (C=O) groups excluding carboxylic acids is 1. The lowest BCUT2D eigenvalue weighted by Gasteiger charge is -2.28. The van der Waals surface area contributed by atoms with Crippen LogP contribution in [-0.4, -0.2) is 25.9 Å². The van der Waals surface area contributed by atoms with E-state index < -0.39 is 38.6 Å². The van der Waals surface area contributed by atoms with Gasteiger partial charge in [0.25, 0.3) is 0 Å². The van der Waals surface area contributed by atoms with Crippen LogP contribution in [-0.2, 0) is 27.5 Å². The summed E-state index contributed by atoms with van der Waals surface area (Å²) in [5.74, 6) is 0.948. The number of hydrogen-bond donors (Lipinski definition) is 3. The molecule has 0 fully saturated rings. The predicted octanol–water partition coefficient (Wildman–Crippen LogP) is 5.76. The summed E-state index contributed by atoms with van der Waals surface area (Å²) in [4.78, 5) is 17.0. The topological polar surface area (TPSA) is 109 Å². The maximum absolute atomic E-state index is 13.3. The fourth-order valence-corrected chi connectivity index (χ4v) is 6.07. The summed E-state index contributed by atoms with van der Waals surface area (Å²) < 4.78 is 74.3. The number of amides is 1. The molecule has 2 atom stereocenters. The summed E-state index contributed by atoms with van der Waals surface area (Å²) >= 11 is 0. The van der Waals surface area contributed by atoms with Gasteiger partial charge < -0.3 is 15.4 Å². The highest BCUT2D eigenvalue weighted by molar-refractivity contribution is 7.89. The van der Waals surface area contributed by atoms with Gasteiger partial charge in [0.1, 0.15) is 11.6 Å². The lowest BCUT2D eigenvalue weighted by Crippen LogP contribution is -2.36. The largest absolute Gasteiger partial charge is 0.493 e. The monoisotopic (exact) mass is 610 g/mol. The Morgan fingerprint density at radius 3 is 2.51 bits per heavy atom. The molecule has 3 aromatic carbocycles. The van der Waals surface area contributed by atoms with Gasteiger partial charge in [0.2, 0.25) is 15.9 Å². The number of nitrogens with one attached hydrogen (secondary N) is 3. The minimum Gasteiger partial charge on any atom is -0.493 e. The van der Waals surface area contributed by atoms with E-state index >= 15 is 0 Å². The standard InChI is InChI=1S/C31H29F3N4O4S/c32-31(33,34)23-9-6-10-24(18-23)43(40,41)38-27(22-7-2-1-3-8-22)19-30(39)37-26-14-16-42-28-17-21(12-13-25(26)28)20-36-29-11-4-5-15-35-29/h1-13,15,17-18,26-27,38H,14,16,19-20H2,(H,35,36)(H,37,39)/t26-,27-/m1/s1. The third kappa shape index (κ3) is 7.70. The van der Waals surface area contributed by atoms with Crippen LogP contribution in [0.25, 0.3) is 0 Å². The third-order valence-corrected chi connectivity index (χ3v) is 8.42. The molecular weight excluding hydrogens is 581 g/mol. The molecule has 5 rings (SSSR count). The molecule has 43 heavy (non-hydrogen) atoms. The summed E-state index contributed by atoms with van der Waals surface area (Å²) in [5.41, 5.74) is 1.16. The maximum atomic E-state index is 13.3. The van der Waals surface area contributed by atoms with Crippen molar-refractivity contribution in [1.82, 2.24) is 15.0 Å². The highest BCUT2D eigenvalue weighted by atomic mass is 32.2. The molecule has 1 aromatic heterocycles. The molecule has 0 saturated carbocycles. The van der Waals surface area contributed by atoms with E-state index in [2.05, 4.69) is 20.3 Å². The van der Waals surface area contributed by atoms with Gasteiger partial charge in [0.15, 0.2) is 0 Å². The summed E-state index contributed by atoms with van der Waals surface area (Å²) in [6.45, 7) is 0.898. The zero-order valence-electron chi connectivity index (χ0n) is 22.8. The van der Waals surface area contributed by atoms with Crippen molar-refractivity contribution in [2.24, 2.45) is 0 Å². The zero-order chi connectivity index (χ0) is 30.5. The molecule has 1 amide bonds. The number of pyridine rings is 1. The number of hydrogen-bond acceptors (Lipinski definition) is 6. The van der Waals surface area contributed by atoms with Crippen molar-refractivity contribution in [3.05, 3.63) is 119 Å². The van der Waals surface area contributed by atoms with Crippen LogP contribution in [0.3, 0.4) is 0 Å². The summed E-state index contributed by atoms with van der Waals surface area (Å²) in [6, 6.07) is 21.8. The van der Waals surface area contributed by atoms with Crippen molar-refractivity contribution < 1.29 is 31.1 Å². The van der Waals surface area contributed by atoms with E-state index in [1.807, 2.05) is 36.4 Å². The van der Waals surface area contributed by atoms with Crippen LogP contribution in [0.1, 0.15) is 47.2 Å². The first-order valence-electron chi connectivity index (χ1n) is 13.5. The molecule has 8 nitrogen and oxygen atoms in total. The first kappa shape index (κ1) is 30.1. The second kappa shape index (κ2) is 12.8. The van der Waals surface area contributed by atoms with Gasteiger partial charge in [-0.05, 0) is 47.5 Å². The second-order valence-corrected chi connectivity index (χ2v) is 11.7. The first-order valence-corrected chi connectivity index (χ1v) is 15.0. The number of ether oxygens (including phenoxy) is 1. The van der Waals surface area contributed by atoms with Crippen LogP contribution in [0.4, 0.5) is 19.0 Å². The van der Waals surface area contributed by atoms with Crippen LogP contribution in [0, 0.1) is 0 Å². The van der Waals surface area contributed by atoms with Crippen LogP contribution >= 0.6 is 0 Å². The average Bonchev–Trinajstić information content (AvgIpc) is 3.00. The van der Waals surface area contributed by atoms with E-state index in [1.54, 1.807) is 36.5 Å². The quantitative estimate of drug-likeness (QED) is 0.211. The van der Waals surface area contributed by atoms with Gasteiger partial charge >= 0.3 is 6.18 Å². The number of carbonyl (C=O) groups is 1. The second-order valence-electron chi connectivity index (χ2n) is 10.0. The average molecular weight is 611 g/mol. The Balaban J connectivity index is 1.30. The molecule has 0 unspecified atom stereocenters. The lowest BCUT2D eigenvalue weighted by molar-refractivity contribution is -0.137. The van der Waals surface area contributed by atoms with Crippen molar-refractivity contribution in [2.45, 2.75) is 42.5 Å². The molecule has 0 spiro atoms. The van der Waals surface area contributed by atoms with E-state index in [9.17, 15) is 26.4 Å². The number of rotatable bonds is 10. The van der Waals surface area contributed by atoms with Crippen LogP contribution in [0.15, 0.2) is 102 Å². The van der Waals surface area contributed by atoms with Crippen LogP contribution in [0.2, 0.25) is 0 Å². The highest BCUT2D eigenvalue weighted by Gasteiger charge is 2.33. The van der Waals surface area contributed by atoms with E-state index in [4.69, 9.17) is 4.74 Å². The summed E-state index contributed by atoms with van der Waals surface area (Å²) in [6.07, 6.45) is -2.78. The van der Waals surface area contributed by atoms with Crippen LogP contribution in [0.5, 0.6) is 5.75 Å². The third-order valence-electron chi connectivity index (χ3n) is 6.95. The van der Waals surface area contributed by atoms with E-state index in [-0.39, 0.29) is 12.5 Å². The molecule has 0 aliphatic carbocycles. The van der Waals surface area contributed by atoms with Crippen molar-refractivity contribution in [3.8, 4) is 5.75 Å². The van der Waals surface area contributed by atoms with Gasteiger partial charge in [-0.2, -0.15) is 13.2 Å². The number of sulfonamides is 1. The van der Waals surface area contributed by atoms with Gasteiger partial charge in [0, 0.05) is 31.1 Å². The maximum Gasteiger partial charge on any atom is 0.416 e. The Bertz CT molecular complexity index is 1670. The lowest BCUT2D eigenvalue weighted by atomic mass is 9.98. The van der Waals surface area contributed by atoms with Crippen molar-refractivity contribution >= 4 is 21.7 Å². The van der Waals surface area contributed by atoms with Gasteiger partial charge in [-0.15, -0.1) is 0 Å². The van der Waals surface area contributed by atoms with Gasteiger partial charge in [-0.1, -0.05) is 54.6 Å². The predicted molar refractivity (Wildman–Crippen MR) is 155 cm³/mol. The van der Waals surface area contributed by atoms with E-state index in [0.29, 0.717) is 37.0 Å². The molecule has 12 heteroatoms. The number of halogens is 3.